The smallest absolute Gasteiger partial charge is 0.261 e. The molecule has 27 heavy (non-hydrogen) atoms. The topological polar surface area (TPSA) is 68.1 Å². The molecule has 1 atom stereocenters. The molecule has 0 N–H and O–H groups in total. The van der Waals surface area contributed by atoms with E-state index in [1.54, 1.807) is 46.4 Å². The molecule has 6 heteroatoms. The Morgan fingerprint density at radius 1 is 1.19 bits per heavy atom. The number of carbonyl (C=O) groups excluding carboxylic acids is 1. The van der Waals surface area contributed by atoms with Crippen molar-refractivity contribution >= 4 is 22.9 Å². The van der Waals surface area contributed by atoms with Gasteiger partial charge in [-0.15, -0.1) is 0 Å². The minimum atomic E-state index is -0.0564. The highest BCUT2D eigenvalue weighted by molar-refractivity contribution is 5.91. The van der Waals surface area contributed by atoms with E-state index in [9.17, 15) is 9.59 Å². The average Bonchev–Trinajstić information content (AvgIpc) is 2.73. The third kappa shape index (κ3) is 3.65. The lowest BCUT2D eigenvalue weighted by molar-refractivity contribution is -0.127. The molecular formula is C21H20N4O2. The Bertz CT molecular complexity index is 1040. The summed E-state index contributed by atoms with van der Waals surface area (Å²) in [5.41, 5.74) is 1.53. The summed E-state index contributed by atoms with van der Waals surface area (Å²) in [5.74, 6) is -0.0506. The van der Waals surface area contributed by atoms with E-state index in [0.29, 0.717) is 24.0 Å². The summed E-state index contributed by atoms with van der Waals surface area (Å²) in [4.78, 5) is 35.6. The van der Waals surface area contributed by atoms with Gasteiger partial charge in [0.2, 0.25) is 5.91 Å². The average molecular weight is 360 g/mol. The molecule has 1 aliphatic rings. The number of piperidine rings is 1. The lowest BCUT2D eigenvalue weighted by Gasteiger charge is -2.33. The van der Waals surface area contributed by atoms with Crippen LogP contribution in [0.25, 0.3) is 17.0 Å². The third-order valence-electron chi connectivity index (χ3n) is 4.89. The van der Waals surface area contributed by atoms with Crippen molar-refractivity contribution < 1.29 is 4.79 Å². The molecule has 4 rings (SSSR count). The zero-order valence-corrected chi connectivity index (χ0v) is 14.9. The summed E-state index contributed by atoms with van der Waals surface area (Å²) >= 11 is 0. The van der Waals surface area contributed by atoms with Gasteiger partial charge >= 0.3 is 0 Å². The molecule has 1 saturated heterocycles. The third-order valence-corrected chi connectivity index (χ3v) is 4.89. The lowest BCUT2D eigenvalue weighted by atomic mass is 10.0. The van der Waals surface area contributed by atoms with Gasteiger partial charge in [0.15, 0.2) is 0 Å². The van der Waals surface area contributed by atoms with Gasteiger partial charge in [-0.1, -0.05) is 18.2 Å². The van der Waals surface area contributed by atoms with Crippen molar-refractivity contribution in [2.24, 2.45) is 0 Å². The maximum atomic E-state index is 12.8. The van der Waals surface area contributed by atoms with Crippen LogP contribution >= 0.6 is 0 Å². The van der Waals surface area contributed by atoms with E-state index in [1.165, 1.54) is 0 Å². The van der Waals surface area contributed by atoms with Crippen LogP contribution in [0, 0.1) is 0 Å². The van der Waals surface area contributed by atoms with Crippen molar-refractivity contribution in [3.05, 3.63) is 77.1 Å². The number of para-hydroxylation sites is 1. The Labute approximate surface area is 156 Å². The first-order valence-corrected chi connectivity index (χ1v) is 9.05. The first-order chi connectivity index (χ1) is 13.2. The minimum absolute atomic E-state index is 0.0502. The number of pyridine rings is 1. The van der Waals surface area contributed by atoms with E-state index in [-0.39, 0.29) is 17.5 Å². The molecule has 0 bridgehead atoms. The standard InChI is InChI=1S/C21H20N4O2/c26-20(10-9-16-5-3-11-22-13-16)24-12-4-6-17(14-24)25-15-23-19-8-2-1-7-18(19)21(25)27/h1-3,5,7-11,13,15,17H,4,6,12,14H2. The fraction of sp³-hybridized carbons (Fsp3) is 0.238. The largest absolute Gasteiger partial charge is 0.337 e. The van der Waals surface area contributed by atoms with Gasteiger partial charge in [-0.3, -0.25) is 19.1 Å². The maximum absolute atomic E-state index is 12.8. The van der Waals surface area contributed by atoms with Crippen LogP contribution in [-0.2, 0) is 4.79 Å². The van der Waals surface area contributed by atoms with Crippen molar-refractivity contribution in [1.82, 2.24) is 19.4 Å². The highest BCUT2D eigenvalue weighted by Gasteiger charge is 2.24. The zero-order valence-electron chi connectivity index (χ0n) is 14.9. The molecule has 1 amide bonds. The number of carbonyl (C=O) groups is 1. The second-order valence-electron chi connectivity index (χ2n) is 6.67. The molecule has 1 aliphatic heterocycles. The van der Waals surface area contributed by atoms with Crippen LogP contribution in [0.2, 0.25) is 0 Å². The molecule has 1 fully saturated rings. The number of aromatic nitrogens is 3. The fourth-order valence-electron chi connectivity index (χ4n) is 3.47. The maximum Gasteiger partial charge on any atom is 0.261 e. The molecular weight excluding hydrogens is 340 g/mol. The summed E-state index contributed by atoms with van der Waals surface area (Å²) in [6.45, 7) is 1.21. The van der Waals surface area contributed by atoms with Crippen LogP contribution in [0.5, 0.6) is 0 Å². The van der Waals surface area contributed by atoms with Gasteiger partial charge in [0.05, 0.1) is 23.3 Å². The lowest BCUT2D eigenvalue weighted by Crippen LogP contribution is -2.42. The molecule has 0 spiro atoms. The summed E-state index contributed by atoms with van der Waals surface area (Å²) in [6, 6.07) is 11.0. The fourth-order valence-corrected chi connectivity index (χ4v) is 3.47. The van der Waals surface area contributed by atoms with Crippen molar-refractivity contribution in [1.29, 1.82) is 0 Å². The highest BCUT2D eigenvalue weighted by Crippen LogP contribution is 2.21. The summed E-state index contributed by atoms with van der Waals surface area (Å²) in [6.07, 6.45) is 10.1. The van der Waals surface area contributed by atoms with Gasteiger partial charge in [0.1, 0.15) is 0 Å². The summed E-state index contributed by atoms with van der Waals surface area (Å²) in [7, 11) is 0. The number of fused-ring (bicyclic) bond motifs is 1. The van der Waals surface area contributed by atoms with E-state index < -0.39 is 0 Å². The molecule has 1 unspecified atom stereocenters. The second-order valence-corrected chi connectivity index (χ2v) is 6.67. The van der Waals surface area contributed by atoms with E-state index >= 15 is 0 Å². The molecule has 1 aromatic carbocycles. The highest BCUT2D eigenvalue weighted by atomic mass is 16.2. The molecule has 6 nitrogen and oxygen atoms in total. The molecule has 0 saturated carbocycles. The minimum Gasteiger partial charge on any atom is -0.337 e. The van der Waals surface area contributed by atoms with E-state index in [0.717, 1.165) is 18.4 Å². The van der Waals surface area contributed by atoms with Crippen LogP contribution in [0.4, 0.5) is 0 Å². The van der Waals surface area contributed by atoms with Crippen molar-refractivity contribution in [3.63, 3.8) is 0 Å². The Morgan fingerprint density at radius 3 is 2.93 bits per heavy atom. The Balaban J connectivity index is 1.53. The molecule has 0 aliphatic carbocycles. The predicted octanol–water partition coefficient (Wildman–Crippen LogP) is 2.67. The summed E-state index contributed by atoms with van der Waals surface area (Å²) in [5, 5.41) is 0.611. The molecule has 0 radical (unpaired) electrons. The van der Waals surface area contributed by atoms with Gasteiger partial charge in [-0.2, -0.15) is 0 Å². The Morgan fingerprint density at radius 2 is 2.07 bits per heavy atom. The van der Waals surface area contributed by atoms with Crippen LogP contribution in [0.15, 0.2) is 66.0 Å². The van der Waals surface area contributed by atoms with Crippen molar-refractivity contribution in [2.45, 2.75) is 18.9 Å². The number of hydrogen-bond donors (Lipinski definition) is 0. The summed E-state index contributed by atoms with van der Waals surface area (Å²) < 4.78 is 1.67. The quantitative estimate of drug-likeness (QED) is 0.674. The number of likely N-dealkylation sites (tertiary alicyclic amines) is 1. The van der Waals surface area contributed by atoms with Gasteiger partial charge in [0, 0.05) is 31.6 Å². The number of nitrogens with zero attached hydrogens (tertiary/aromatic N) is 4. The predicted molar refractivity (Wildman–Crippen MR) is 104 cm³/mol. The Kier molecular flexibility index (Phi) is 4.78. The molecule has 2 aromatic heterocycles. The number of amides is 1. The van der Waals surface area contributed by atoms with E-state index in [2.05, 4.69) is 9.97 Å². The van der Waals surface area contributed by atoms with Crippen LogP contribution in [0.3, 0.4) is 0 Å². The number of rotatable bonds is 3. The van der Waals surface area contributed by atoms with Gasteiger partial charge in [0.25, 0.3) is 5.56 Å². The van der Waals surface area contributed by atoms with E-state index in [4.69, 9.17) is 0 Å². The molecule has 3 aromatic rings. The first kappa shape index (κ1) is 17.1. The number of benzene rings is 1. The SMILES string of the molecule is O=C(C=Cc1cccnc1)N1CCCC(n2cnc3ccccc3c2=O)C1. The molecule has 136 valence electrons. The van der Waals surface area contributed by atoms with Crippen molar-refractivity contribution in [2.75, 3.05) is 13.1 Å². The number of hydrogen-bond acceptors (Lipinski definition) is 4. The molecule has 3 heterocycles. The van der Waals surface area contributed by atoms with E-state index in [1.807, 2.05) is 30.3 Å². The second kappa shape index (κ2) is 7.53. The first-order valence-electron chi connectivity index (χ1n) is 9.05. The monoisotopic (exact) mass is 360 g/mol. The Hall–Kier alpha value is -3.28. The van der Waals surface area contributed by atoms with Crippen LogP contribution in [0.1, 0.15) is 24.4 Å². The van der Waals surface area contributed by atoms with Crippen molar-refractivity contribution in [3.8, 4) is 0 Å². The zero-order chi connectivity index (χ0) is 18.6. The van der Waals surface area contributed by atoms with Gasteiger partial charge < -0.3 is 4.90 Å². The van der Waals surface area contributed by atoms with Gasteiger partial charge in [-0.25, -0.2) is 4.98 Å². The van der Waals surface area contributed by atoms with Crippen LogP contribution < -0.4 is 5.56 Å². The normalized spacial score (nSPS) is 17.5. The van der Waals surface area contributed by atoms with Gasteiger partial charge in [-0.05, 0) is 42.7 Å². The van der Waals surface area contributed by atoms with Crippen LogP contribution in [-0.4, -0.2) is 38.4 Å².